The average molecular weight is 402 g/mol. The normalized spacial score (nSPS) is 17.7. The first-order valence-electron chi connectivity index (χ1n) is 8.91. The van der Waals surface area contributed by atoms with Crippen LogP contribution in [0.4, 0.5) is 0 Å². The van der Waals surface area contributed by atoms with E-state index >= 15 is 0 Å². The van der Waals surface area contributed by atoms with Crippen LogP contribution in [0, 0.1) is 0 Å². The molecule has 0 amide bonds. The standard InChI is InChI=1S/C18H28ClN3O3S/c1-3-20-17(21-11-8-15-6-4-5-7-16(15)19)22-14-18(26(2,23)24)9-12-25-13-10-18/h4-7H,3,8-14H2,1-2H3,(H2,20,21,22). The van der Waals surface area contributed by atoms with Gasteiger partial charge in [0.25, 0.3) is 0 Å². The van der Waals surface area contributed by atoms with Crippen LogP contribution in [0.1, 0.15) is 25.3 Å². The molecule has 1 aliphatic heterocycles. The van der Waals surface area contributed by atoms with E-state index in [2.05, 4.69) is 15.6 Å². The lowest BCUT2D eigenvalue weighted by atomic mass is 9.99. The van der Waals surface area contributed by atoms with E-state index in [1.54, 1.807) is 0 Å². The molecule has 8 heteroatoms. The van der Waals surface area contributed by atoms with Gasteiger partial charge in [0.2, 0.25) is 0 Å². The van der Waals surface area contributed by atoms with Gasteiger partial charge in [0.05, 0.1) is 11.3 Å². The Morgan fingerprint density at radius 2 is 1.96 bits per heavy atom. The van der Waals surface area contributed by atoms with E-state index in [0.717, 1.165) is 17.0 Å². The summed E-state index contributed by atoms with van der Waals surface area (Å²) >= 11 is 6.18. The Labute approximate surface area is 161 Å². The Bertz CT molecular complexity index is 716. The van der Waals surface area contributed by atoms with Crippen molar-refractivity contribution in [2.75, 3.05) is 39.1 Å². The SMILES string of the molecule is CCNC(=NCC1(S(C)(=O)=O)CCOCC1)NCCc1ccccc1Cl. The fourth-order valence-corrected chi connectivity index (χ4v) is 4.41. The third kappa shape index (κ3) is 5.59. The van der Waals surface area contributed by atoms with Crippen LogP contribution in [0.25, 0.3) is 0 Å². The van der Waals surface area contributed by atoms with Gasteiger partial charge in [-0.3, -0.25) is 4.99 Å². The van der Waals surface area contributed by atoms with Gasteiger partial charge in [-0.2, -0.15) is 0 Å². The number of hydrogen-bond donors (Lipinski definition) is 2. The first kappa shape index (κ1) is 21.0. The van der Waals surface area contributed by atoms with Crippen LogP contribution in [0.5, 0.6) is 0 Å². The van der Waals surface area contributed by atoms with E-state index in [0.29, 0.717) is 45.1 Å². The summed E-state index contributed by atoms with van der Waals surface area (Å²) in [6, 6.07) is 7.73. The lowest BCUT2D eigenvalue weighted by Crippen LogP contribution is -2.47. The highest BCUT2D eigenvalue weighted by Crippen LogP contribution is 2.29. The highest BCUT2D eigenvalue weighted by Gasteiger charge is 2.42. The number of guanidine groups is 1. The third-order valence-electron chi connectivity index (χ3n) is 4.70. The number of benzene rings is 1. The summed E-state index contributed by atoms with van der Waals surface area (Å²) in [6.45, 7) is 4.48. The van der Waals surface area contributed by atoms with Crippen LogP contribution in [0.2, 0.25) is 5.02 Å². The number of nitrogens with zero attached hydrogens (tertiary/aromatic N) is 1. The number of halogens is 1. The number of nitrogens with one attached hydrogen (secondary N) is 2. The van der Waals surface area contributed by atoms with Gasteiger partial charge in [-0.25, -0.2) is 8.42 Å². The molecule has 0 atom stereocenters. The summed E-state index contributed by atoms with van der Waals surface area (Å²) in [6.07, 6.45) is 3.02. The second-order valence-electron chi connectivity index (χ2n) is 6.53. The van der Waals surface area contributed by atoms with E-state index in [-0.39, 0.29) is 6.54 Å². The summed E-state index contributed by atoms with van der Waals surface area (Å²) in [5.41, 5.74) is 1.06. The smallest absolute Gasteiger partial charge is 0.191 e. The van der Waals surface area contributed by atoms with Crippen molar-refractivity contribution in [2.24, 2.45) is 4.99 Å². The van der Waals surface area contributed by atoms with Crippen LogP contribution in [-0.4, -0.2) is 58.2 Å². The summed E-state index contributed by atoms with van der Waals surface area (Å²) in [7, 11) is -3.23. The van der Waals surface area contributed by atoms with Gasteiger partial charge in [-0.05, 0) is 37.8 Å². The Morgan fingerprint density at radius 1 is 1.27 bits per heavy atom. The molecule has 0 bridgehead atoms. The molecule has 1 fully saturated rings. The van der Waals surface area contributed by atoms with E-state index < -0.39 is 14.6 Å². The molecule has 26 heavy (non-hydrogen) atoms. The maximum absolute atomic E-state index is 12.3. The number of sulfone groups is 1. The lowest BCUT2D eigenvalue weighted by Gasteiger charge is -2.34. The van der Waals surface area contributed by atoms with E-state index in [1.165, 1.54) is 6.26 Å². The zero-order valence-electron chi connectivity index (χ0n) is 15.4. The predicted molar refractivity (Wildman–Crippen MR) is 107 cm³/mol. The zero-order valence-corrected chi connectivity index (χ0v) is 17.0. The molecule has 0 spiro atoms. The Morgan fingerprint density at radius 3 is 2.58 bits per heavy atom. The van der Waals surface area contributed by atoms with E-state index in [1.807, 2.05) is 31.2 Å². The first-order chi connectivity index (χ1) is 12.4. The van der Waals surface area contributed by atoms with E-state index in [9.17, 15) is 8.42 Å². The highest BCUT2D eigenvalue weighted by atomic mass is 35.5. The second-order valence-corrected chi connectivity index (χ2v) is 9.35. The quantitative estimate of drug-likeness (QED) is 0.539. The molecule has 0 aliphatic carbocycles. The molecular weight excluding hydrogens is 374 g/mol. The Hall–Kier alpha value is -1.31. The number of hydrogen-bond acceptors (Lipinski definition) is 4. The van der Waals surface area contributed by atoms with Gasteiger partial charge >= 0.3 is 0 Å². The minimum Gasteiger partial charge on any atom is -0.381 e. The fourth-order valence-electron chi connectivity index (χ4n) is 2.97. The summed E-state index contributed by atoms with van der Waals surface area (Å²) < 4.78 is 29.2. The largest absolute Gasteiger partial charge is 0.381 e. The molecule has 1 heterocycles. The lowest BCUT2D eigenvalue weighted by molar-refractivity contribution is 0.0768. The van der Waals surface area contributed by atoms with Gasteiger partial charge in [-0.1, -0.05) is 29.8 Å². The van der Waals surface area contributed by atoms with Gasteiger partial charge < -0.3 is 15.4 Å². The van der Waals surface area contributed by atoms with Crippen molar-refractivity contribution >= 4 is 27.4 Å². The van der Waals surface area contributed by atoms with Gasteiger partial charge in [0.15, 0.2) is 15.8 Å². The topological polar surface area (TPSA) is 79.8 Å². The van der Waals surface area contributed by atoms with Gasteiger partial charge in [0.1, 0.15) is 0 Å². The minimum atomic E-state index is -3.23. The molecule has 1 aromatic rings. The molecular formula is C18H28ClN3O3S. The number of rotatable bonds is 7. The summed E-state index contributed by atoms with van der Waals surface area (Å²) in [5.74, 6) is 0.620. The van der Waals surface area contributed by atoms with Crippen LogP contribution < -0.4 is 10.6 Å². The van der Waals surface area contributed by atoms with Crippen molar-refractivity contribution in [3.05, 3.63) is 34.9 Å². The predicted octanol–water partition coefficient (Wildman–Crippen LogP) is 2.03. The van der Waals surface area contributed by atoms with Crippen LogP contribution >= 0.6 is 11.6 Å². The molecule has 1 aliphatic rings. The first-order valence-corrected chi connectivity index (χ1v) is 11.2. The number of ether oxygens (including phenoxy) is 1. The van der Waals surface area contributed by atoms with Crippen LogP contribution in [0.15, 0.2) is 29.3 Å². The molecule has 6 nitrogen and oxygen atoms in total. The van der Waals surface area contributed by atoms with Crippen molar-refractivity contribution in [2.45, 2.75) is 30.9 Å². The molecule has 146 valence electrons. The minimum absolute atomic E-state index is 0.233. The van der Waals surface area contributed by atoms with Gasteiger partial charge in [-0.15, -0.1) is 0 Å². The molecule has 2 N–H and O–H groups in total. The maximum Gasteiger partial charge on any atom is 0.191 e. The maximum atomic E-state index is 12.3. The van der Waals surface area contributed by atoms with Crippen molar-refractivity contribution < 1.29 is 13.2 Å². The average Bonchev–Trinajstić information content (AvgIpc) is 2.61. The molecule has 0 aromatic heterocycles. The monoisotopic (exact) mass is 401 g/mol. The number of aliphatic imine (C=N–C) groups is 1. The molecule has 0 radical (unpaired) electrons. The molecule has 0 unspecified atom stereocenters. The fraction of sp³-hybridized carbons (Fsp3) is 0.611. The van der Waals surface area contributed by atoms with Crippen molar-refractivity contribution in [1.29, 1.82) is 0 Å². The molecule has 1 saturated heterocycles. The Balaban J connectivity index is 2.02. The van der Waals surface area contributed by atoms with Crippen molar-refractivity contribution in [3.63, 3.8) is 0 Å². The summed E-state index contributed by atoms with van der Waals surface area (Å²) in [4.78, 5) is 4.56. The van der Waals surface area contributed by atoms with Gasteiger partial charge in [0, 0.05) is 37.6 Å². The third-order valence-corrected chi connectivity index (χ3v) is 7.18. The van der Waals surface area contributed by atoms with E-state index in [4.69, 9.17) is 16.3 Å². The summed E-state index contributed by atoms with van der Waals surface area (Å²) in [5, 5.41) is 7.18. The van der Waals surface area contributed by atoms with Crippen molar-refractivity contribution in [3.8, 4) is 0 Å². The van der Waals surface area contributed by atoms with Crippen LogP contribution in [0.3, 0.4) is 0 Å². The molecule has 1 aromatic carbocycles. The van der Waals surface area contributed by atoms with Crippen molar-refractivity contribution in [1.82, 2.24) is 10.6 Å². The Kier molecular flexibility index (Phi) is 7.73. The van der Waals surface area contributed by atoms with Crippen LogP contribution in [-0.2, 0) is 21.0 Å². The highest BCUT2D eigenvalue weighted by molar-refractivity contribution is 7.92. The molecule has 0 saturated carbocycles. The zero-order chi connectivity index (χ0) is 19.0. The molecule has 2 rings (SSSR count). The second kappa shape index (κ2) is 9.58.